The molecule has 3 N–H and O–H groups in total. The van der Waals surface area contributed by atoms with Crippen molar-refractivity contribution in [1.82, 2.24) is 74.9 Å². The number of alkyl halides is 7. The zero-order chi connectivity index (χ0) is 92.9. The van der Waals surface area contributed by atoms with E-state index in [1.165, 1.54) is 90.6 Å². The molecule has 0 bridgehead atoms. The van der Waals surface area contributed by atoms with Gasteiger partial charge < -0.3 is 83.4 Å². The van der Waals surface area contributed by atoms with Gasteiger partial charge >= 0.3 is 54.9 Å². The van der Waals surface area contributed by atoms with Crippen LogP contribution < -0.4 is 29.7 Å². The van der Waals surface area contributed by atoms with Crippen LogP contribution in [0, 0.1) is 0 Å². The molecular formula is C89H116ClF6IN16O14. The molecular weight excluding hydrogens is 1790 g/mol. The summed E-state index contributed by atoms with van der Waals surface area (Å²) in [5.74, 6) is 5.29. The van der Waals surface area contributed by atoms with E-state index < -0.39 is 41.0 Å². The number of ether oxygens (including phenoxy) is 6. The highest BCUT2D eigenvalue weighted by Crippen LogP contribution is 2.43. The van der Waals surface area contributed by atoms with Crippen molar-refractivity contribution in [3.63, 3.8) is 0 Å². The second-order valence-corrected chi connectivity index (χ2v) is 34.5. The van der Waals surface area contributed by atoms with Crippen molar-refractivity contribution in [2.45, 2.75) is 167 Å². The predicted octanol–water partition coefficient (Wildman–Crippen LogP) is 17.0. The van der Waals surface area contributed by atoms with Crippen molar-refractivity contribution in [1.29, 1.82) is 0 Å². The summed E-state index contributed by atoms with van der Waals surface area (Å²) in [6.45, 7) is 28.4. The third-order valence-corrected chi connectivity index (χ3v) is 20.5. The van der Waals surface area contributed by atoms with Crippen LogP contribution in [0.1, 0.15) is 172 Å². The van der Waals surface area contributed by atoms with Crippen LogP contribution in [0.5, 0.6) is 23.0 Å². The van der Waals surface area contributed by atoms with Crippen molar-refractivity contribution < 1.29 is 94.8 Å². The molecule has 4 aliphatic carbocycles. The van der Waals surface area contributed by atoms with Gasteiger partial charge in [0.05, 0.1) is 0 Å². The van der Waals surface area contributed by atoms with Crippen molar-refractivity contribution in [3.8, 4) is 23.0 Å². The molecule has 0 unspecified atom stereocenters. The van der Waals surface area contributed by atoms with E-state index in [-0.39, 0.29) is 47.3 Å². The summed E-state index contributed by atoms with van der Waals surface area (Å²) in [5, 5.41) is 28.1. The van der Waals surface area contributed by atoms with Crippen molar-refractivity contribution >= 4 is 82.6 Å². The largest absolute Gasteiger partial charge is 0.508 e. The average molecular weight is 1910 g/mol. The minimum atomic E-state index is -4.51. The van der Waals surface area contributed by atoms with Gasteiger partial charge in [0.15, 0.2) is 22.4 Å². The van der Waals surface area contributed by atoms with Crippen LogP contribution >= 0.6 is 34.2 Å². The van der Waals surface area contributed by atoms with Crippen LogP contribution in [0.4, 0.5) is 65.7 Å². The number of benzene rings is 4. The molecule has 8 heterocycles. The molecule has 5 aliphatic heterocycles. The maximum atomic E-state index is 12.6. The number of hydrogen-bond donors (Lipinski definition) is 3. The number of carbonyl (C=O) groups is 7. The Morgan fingerprint density at radius 2 is 0.693 bits per heavy atom. The first-order chi connectivity index (χ1) is 60.7. The molecule has 0 radical (unpaired) electrons. The van der Waals surface area contributed by atoms with Gasteiger partial charge in [-0.2, -0.15) is 26.3 Å². The Morgan fingerprint density at radius 3 is 0.976 bits per heavy atom. The summed E-state index contributed by atoms with van der Waals surface area (Å²) in [6.07, 6.45) is 3.95. The molecule has 692 valence electrons. The molecule has 0 spiro atoms. The van der Waals surface area contributed by atoms with Gasteiger partial charge in [0, 0.05) is 145 Å². The van der Waals surface area contributed by atoms with E-state index in [2.05, 4.69) is 48.1 Å². The Labute approximate surface area is 757 Å². The number of phenols is 1. The van der Waals surface area contributed by atoms with Crippen LogP contribution in [0.25, 0.3) is 0 Å². The van der Waals surface area contributed by atoms with Gasteiger partial charge in [0.2, 0.25) is 0 Å². The Bertz CT molecular complexity index is 4610. The quantitative estimate of drug-likeness (QED) is 0.0551. The lowest BCUT2D eigenvalue weighted by Crippen LogP contribution is -2.52. The highest BCUT2D eigenvalue weighted by Gasteiger charge is 2.37. The van der Waals surface area contributed by atoms with Crippen LogP contribution in [-0.2, 0) is 26.6 Å². The van der Waals surface area contributed by atoms with E-state index in [0.29, 0.717) is 124 Å². The average Bonchev–Trinajstić information content (AvgIpc) is 1.08. The normalized spacial score (nSPS) is 17.2. The summed E-state index contributed by atoms with van der Waals surface area (Å²) < 4.78 is 113. The number of carbonyl (C=O) groups excluding carboxylic acids is 7. The molecule has 3 aromatic heterocycles. The molecule has 0 atom stereocenters. The SMILES string of the molecule is CC(C)(C)OC(=O)N1CCN(C(=O)Oc2ccc(C3CC3)cc2)CC1.CC(C)(C)OC(=O)N1CCN(C(=O)n2ccnc2)CC1.CC(C)(C)OC(=O)N1CCNCC1.FC(F)(F)c1ccc(Cl)nn1.O=C(Oc1ccc(C2CC2)cc1)N1CCN(c2ccc(C(F)(F)F)nn2)CC1.O=C(Oc1ccc(C2CC2)cc1)N1CCNCC1.Oc1ccc(C2CC2)cc1.[2H]CI. The van der Waals surface area contributed by atoms with Gasteiger partial charge in [-0.25, -0.2) is 38.5 Å². The van der Waals surface area contributed by atoms with Gasteiger partial charge in [-0.15, -0.1) is 20.4 Å². The summed E-state index contributed by atoms with van der Waals surface area (Å²) in [4.78, 5) is 102. The maximum absolute atomic E-state index is 12.6. The smallest absolute Gasteiger partial charge is 0.435 e. The van der Waals surface area contributed by atoms with E-state index in [9.17, 15) is 59.9 Å². The Hall–Kier alpha value is -10.5. The molecule has 127 heavy (non-hydrogen) atoms. The number of amides is 7. The number of anilines is 1. The number of imidazole rings is 1. The monoisotopic (exact) mass is 1910 g/mol. The fraction of sp³-hybridized carbons (Fsp3) is 0.528. The number of halogens is 8. The van der Waals surface area contributed by atoms with Gasteiger partial charge in [-0.3, -0.25) is 4.57 Å². The van der Waals surface area contributed by atoms with E-state index in [0.717, 1.165) is 82.4 Å². The van der Waals surface area contributed by atoms with Gasteiger partial charge in [0.1, 0.15) is 46.1 Å². The molecule has 7 amide bonds. The fourth-order valence-electron chi connectivity index (χ4n) is 12.9. The highest BCUT2D eigenvalue weighted by molar-refractivity contribution is 14.1. The third kappa shape index (κ3) is 35.2. The van der Waals surface area contributed by atoms with Crippen LogP contribution in [0.3, 0.4) is 0 Å². The van der Waals surface area contributed by atoms with Crippen molar-refractivity contribution in [2.24, 2.45) is 0 Å². The number of piperazine rings is 5. The lowest BCUT2D eigenvalue weighted by Gasteiger charge is -2.35. The van der Waals surface area contributed by atoms with Crippen LogP contribution in [0.2, 0.25) is 5.15 Å². The molecule has 5 saturated heterocycles. The molecule has 16 rings (SSSR count). The molecule has 4 aromatic carbocycles. The molecule has 9 aliphatic rings. The van der Waals surface area contributed by atoms with E-state index in [4.69, 9.17) is 46.5 Å². The second kappa shape index (κ2) is 47.0. The molecule has 7 aromatic rings. The standard InChI is InChI=1S/C19H19F3N4O2.C19H26N2O4.C14H18N2O2.C13H20N4O3.C9H18N2O2.C9H10O.C5H2ClF3N2.CH3I/c20-19(21,22)16-7-8-17(24-23-16)25-9-11-26(12-10-25)18(27)28-15-5-3-14(4-6-15)13-1-2-13;1-19(2,3)25-18(23)21-12-10-20(11-13-21)17(22)24-16-8-6-15(7-9-16)14-4-5-14;17-14(16-9-7-15-8-10-16)18-13-5-3-12(4-6-13)11-1-2-11;1-13(2,3)20-12(19)16-8-6-15(7-9-16)11(18)17-5-4-14-10-17;1-9(2,3)13-8(12)11-6-4-10-5-7-11;10-9-5-3-8(4-6-9)7-1-2-7;6-4-2-1-3(10-11-4)5(7,8)9;1-2/h3-8,13H,1-2,9-12H2;6-9,14H,4-5,10-13H2,1-3H3;3-6,11,15H,1-2,7-10H2;4-5,10H,6-9H2,1-3H3;10H,4-7H2,1-3H3;3-7,10H,1-2H2;1-2H;1H3/i;;;;;;;1D. The Kier molecular flexibility index (Phi) is 36.5. The summed E-state index contributed by atoms with van der Waals surface area (Å²) >= 11 is 7.18. The number of hydrogen-bond acceptors (Lipinski definition) is 22. The fourth-order valence-corrected chi connectivity index (χ4v) is 13.0. The maximum Gasteiger partial charge on any atom is 0.435 e. The number of aromatic nitrogens is 6. The van der Waals surface area contributed by atoms with Gasteiger partial charge in [0.25, 0.3) is 0 Å². The van der Waals surface area contributed by atoms with Crippen molar-refractivity contribution in [3.05, 3.63) is 179 Å². The number of nitrogens with one attached hydrogen (secondary N) is 2. The Balaban J connectivity index is 0.000000172. The first kappa shape index (κ1) is 98.6. The zero-order valence-corrected chi connectivity index (χ0v) is 76.0. The molecule has 30 nitrogen and oxygen atoms in total. The van der Waals surface area contributed by atoms with Crippen molar-refractivity contribution in [2.75, 3.05) is 141 Å². The minimum absolute atomic E-state index is 0.0574. The Morgan fingerprint density at radius 1 is 0.402 bits per heavy atom. The van der Waals surface area contributed by atoms with Crippen LogP contribution in [0.15, 0.2) is 140 Å². The third-order valence-electron chi connectivity index (χ3n) is 20.3. The predicted molar refractivity (Wildman–Crippen MR) is 473 cm³/mol. The first-order valence-corrected chi connectivity index (χ1v) is 44.3. The number of nitrogens with zero attached hydrogens (tertiary/aromatic N) is 14. The summed E-state index contributed by atoms with van der Waals surface area (Å²) in [7, 11) is 0. The lowest BCUT2D eigenvalue weighted by molar-refractivity contribution is -0.142. The highest BCUT2D eigenvalue weighted by atomic mass is 127. The van der Waals surface area contributed by atoms with E-state index in [1.54, 1.807) is 75.9 Å². The second-order valence-electron chi connectivity index (χ2n) is 34.1. The van der Waals surface area contributed by atoms with Gasteiger partial charge in [-0.05, 0) is 237 Å². The summed E-state index contributed by atoms with van der Waals surface area (Å²) in [5.41, 5.74) is 1.85. The topological polar surface area (TPSA) is 314 Å². The number of rotatable bonds is 8. The molecule has 9 fully saturated rings. The van der Waals surface area contributed by atoms with E-state index >= 15 is 0 Å². The lowest BCUT2D eigenvalue weighted by atomic mass is 10.1. The first-order valence-electron chi connectivity index (χ1n) is 43.1. The summed E-state index contributed by atoms with van der Waals surface area (Å²) in [6, 6.07) is 34.7. The number of aromatic hydroxyl groups is 1. The molecule has 38 heteroatoms. The minimum Gasteiger partial charge on any atom is -0.508 e. The molecule has 4 saturated carbocycles. The number of phenolic OH excluding ortho intramolecular Hbond substituents is 1. The van der Waals surface area contributed by atoms with E-state index in [1.807, 2.05) is 146 Å². The zero-order valence-electron chi connectivity index (χ0n) is 74.1. The van der Waals surface area contributed by atoms with Gasteiger partial charge in [-0.1, -0.05) is 82.7 Å². The van der Waals surface area contributed by atoms with Crippen LogP contribution in [-0.4, -0.2) is 265 Å².